The fraction of sp³-hybridized carbons (Fsp3) is 0.130. The van der Waals surface area contributed by atoms with Gasteiger partial charge in [0.15, 0.2) is 10.6 Å². The monoisotopic (exact) mass is 465 g/mol. The van der Waals surface area contributed by atoms with Gasteiger partial charge in [-0.3, -0.25) is 9.67 Å². The molecule has 0 saturated carbocycles. The van der Waals surface area contributed by atoms with Crippen molar-refractivity contribution < 1.29 is 4.74 Å². The van der Waals surface area contributed by atoms with Gasteiger partial charge in [-0.15, -0.1) is 0 Å². The van der Waals surface area contributed by atoms with Gasteiger partial charge in [-0.05, 0) is 54.5 Å². The fourth-order valence-corrected chi connectivity index (χ4v) is 3.94. The largest absolute Gasteiger partial charge is 0.489 e. The number of hydrogen-bond donors (Lipinski definition) is 1. The summed E-state index contributed by atoms with van der Waals surface area (Å²) in [4.78, 5) is 0. The highest BCUT2D eigenvalue weighted by Gasteiger charge is 2.16. The minimum atomic E-state index is 0.0685. The average Bonchev–Trinajstić information content (AvgIpc) is 3.14. The van der Waals surface area contributed by atoms with Crippen molar-refractivity contribution in [3.8, 4) is 17.1 Å². The predicted molar refractivity (Wildman–Crippen MR) is 122 cm³/mol. The molecule has 0 amide bonds. The van der Waals surface area contributed by atoms with Gasteiger partial charge < -0.3 is 4.74 Å². The third kappa shape index (κ3) is 4.49. The molecule has 4 aromatic rings. The van der Waals surface area contributed by atoms with Crippen LogP contribution in [0.15, 0.2) is 83.3 Å². The lowest BCUT2D eigenvalue weighted by atomic mass is 10.1. The first-order chi connectivity index (χ1) is 14.1. The zero-order chi connectivity index (χ0) is 20.2. The summed E-state index contributed by atoms with van der Waals surface area (Å²) in [5.41, 5.74) is 3.24. The number of hydrogen-bond acceptors (Lipinski definition) is 3. The standard InChI is InChI=1S/C23H20BrN3OS/c1-16(18-8-3-2-4-9-18)27-22(25-26-23(27)29)19-10-5-7-17(13-19)15-28-21-12-6-11-20(24)14-21/h2-14,16H,15H2,1H3,(H,26,29). The van der Waals surface area contributed by atoms with E-state index >= 15 is 0 Å². The van der Waals surface area contributed by atoms with Crippen LogP contribution in [0.2, 0.25) is 0 Å². The van der Waals surface area contributed by atoms with E-state index in [0.29, 0.717) is 11.4 Å². The Balaban J connectivity index is 1.61. The van der Waals surface area contributed by atoms with Gasteiger partial charge >= 0.3 is 0 Å². The van der Waals surface area contributed by atoms with Crippen LogP contribution >= 0.6 is 28.1 Å². The quantitative estimate of drug-likeness (QED) is 0.328. The smallest absolute Gasteiger partial charge is 0.196 e. The molecular formula is C23H20BrN3OS. The van der Waals surface area contributed by atoms with E-state index in [1.54, 1.807) is 0 Å². The molecule has 1 unspecified atom stereocenters. The minimum absolute atomic E-state index is 0.0685. The van der Waals surface area contributed by atoms with E-state index in [4.69, 9.17) is 17.0 Å². The first kappa shape index (κ1) is 19.6. The maximum Gasteiger partial charge on any atom is 0.196 e. The number of benzene rings is 3. The number of H-pyrrole nitrogens is 1. The van der Waals surface area contributed by atoms with Gasteiger partial charge in [0.25, 0.3) is 0 Å². The second kappa shape index (κ2) is 8.76. The van der Waals surface area contributed by atoms with Gasteiger partial charge in [0.1, 0.15) is 12.4 Å². The van der Waals surface area contributed by atoms with Gasteiger partial charge in [0.2, 0.25) is 0 Å². The van der Waals surface area contributed by atoms with Crippen molar-refractivity contribution >= 4 is 28.1 Å². The van der Waals surface area contributed by atoms with E-state index in [2.05, 4.69) is 55.8 Å². The molecule has 0 aliphatic carbocycles. The molecule has 1 heterocycles. The third-order valence-electron chi connectivity index (χ3n) is 4.76. The summed E-state index contributed by atoms with van der Waals surface area (Å²) in [7, 11) is 0. The van der Waals surface area contributed by atoms with Crippen molar-refractivity contribution in [1.82, 2.24) is 14.8 Å². The molecule has 4 rings (SSSR count). The number of nitrogens with one attached hydrogen (secondary N) is 1. The molecule has 0 aliphatic rings. The summed E-state index contributed by atoms with van der Waals surface area (Å²) >= 11 is 8.99. The third-order valence-corrected chi connectivity index (χ3v) is 5.54. The molecule has 1 aromatic heterocycles. The summed E-state index contributed by atoms with van der Waals surface area (Å²) in [5, 5.41) is 7.45. The summed E-state index contributed by atoms with van der Waals surface area (Å²) in [5.74, 6) is 1.64. The molecule has 146 valence electrons. The molecule has 0 aliphatic heterocycles. The highest BCUT2D eigenvalue weighted by Crippen LogP contribution is 2.26. The van der Waals surface area contributed by atoms with Crippen LogP contribution in [0.1, 0.15) is 24.1 Å². The lowest BCUT2D eigenvalue weighted by molar-refractivity contribution is 0.306. The number of ether oxygens (including phenoxy) is 1. The van der Waals surface area contributed by atoms with E-state index in [0.717, 1.165) is 27.2 Å². The van der Waals surface area contributed by atoms with E-state index in [9.17, 15) is 0 Å². The number of rotatable bonds is 6. The van der Waals surface area contributed by atoms with Crippen LogP contribution in [0.3, 0.4) is 0 Å². The molecule has 29 heavy (non-hydrogen) atoms. The average molecular weight is 466 g/mol. The Kier molecular flexibility index (Phi) is 5.92. The number of aromatic amines is 1. The Morgan fingerprint density at radius 2 is 1.83 bits per heavy atom. The summed E-state index contributed by atoms with van der Waals surface area (Å²) in [6.45, 7) is 2.61. The van der Waals surface area contributed by atoms with Crippen molar-refractivity contribution in [2.24, 2.45) is 0 Å². The van der Waals surface area contributed by atoms with Crippen LogP contribution in [-0.2, 0) is 6.61 Å². The highest BCUT2D eigenvalue weighted by molar-refractivity contribution is 9.10. The van der Waals surface area contributed by atoms with Crippen molar-refractivity contribution in [1.29, 1.82) is 0 Å². The van der Waals surface area contributed by atoms with Gasteiger partial charge in [-0.25, -0.2) is 0 Å². The zero-order valence-corrected chi connectivity index (χ0v) is 18.3. The van der Waals surface area contributed by atoms with Crippen LogP contribution in [0.25, 0.3) is 11.4 Å². The number of nitrogens with zero attached hydrogens (tertiary/aromatic N) is 2. The van der Waals surface area contributed by atoms with Gasteiger partial charge in [-0.1, -0.05) is 70.5 Å². The lowest BCUT2D eigenvalue weighted by Crippen LogP contribution is -2.09. The van der Waals surface area contributed by atoms with Crippen molar-refractivity contribution in [2.75, 3.05) is 0 Å². The van der Waals surface area contributed by atoms with Crippen LogP contribution in [0.4, 0.5) is 0 Å². The number of aromatic nitrogens is 3. The molecule has 1 atom stereocenters. The Labute approximate surface area is 183 Å². The molecule has 0 bridgehead atoms. The van der Waals surface area contributed by atoms with Crippen LogP contribution in [-0.4, -0.2) is 14.8 Å². The Bertz CT molecular complexity index is 1170. The van der Waals surface area contributed by atoms with E-state index < -0.39 is 0 Å². The molecule has 0 radical (unpaired) electrons. The van der Waals surface area contributed by atoms with Crippen molar-refractivity contribution in [3.05, 3.63) is 99.2 Å². The second-order valence-electron chi connectivity index (χ2n) is 6.76. The Hall–Kier alpha value is -2.70. The normalized spacial score (nSPS) is 11.9. The summed E-state index contributed by atoms with van der Waals surface area (Å²) in [6.07, 6.45) is 0. The molecule has 0 saturated heterocycles. The number of halogens is 1. The maximum absolute atomic E-state index is 5.93. The highest BCUT2D eigenvalue weighted by atomic mass is 79.9. The van der Waals surface area contributed by atoms with Crippen LogP contribution < -0.4 is 4.74 Å². The molecule has 0 spiro atoms. The Morgan fingerprint density at radius 1 is 1.03 bits per heavy atom. The SMILES string of the molecule is CC(c1ccccc1)n1c(-c2cccc(COc3cccc(Br)c3)c2)n[nH]c1=S. The van der Waals surface area contributed by atoms with E-state index in [1.807, 2.05) is 60.7 Å². The summed E-state index contributed by atoms with van der Waals surface area (Å²) in [6, 6.07) is 26.4. The van der Waals surface area contributed by atoms with Crippen molar-refractivity contribution in [3.63, 3.8) is 0 Å². The first-order valence-corrected chi connectivity index (χ1v) is 10.5. The van der Waals surface area contributed by atoms with Crippen molar-refractivity contribution in [2.45, 2.75) is 19.6 Å². The molecule has 4 nitrogen and oxygen atoms in total. The first-order valence-electron chi connectivity index (χ1n) is 9.31. The van der Waals surface area contributed by atoms with Gasteiger partial charge in [-0.2, -0.15) is 5.10 Å². The molecule has 3 aromatic carbocycles. The van der Waals surface area contributed by atoms with Crippen LogP contribution in [0.5, 0.6) is 5.75 Å². The van der Waals surface area contributed by atoms with E-state index in [-0.39, 0.29) is 6.04 Å². The molecule has 0 fully saturated rings. The minimum Gasteiger partial charge on any atom is -0.489 e. The van der Waals surface area contributed by atoms with Gasteiger partial charge in [0, 0.05) is 10.0 Å². The van der Waals surface area contributed by atoms with E-state index in [1.165, 1.54) is 5.56 Å². The molecule has 1 N–H and O–H groups in total. The van der Waals surface area contributed by atoms with Crippen LogP contribution in [0, 0.1) is 4.77 Å². The predicted octanol–water partition coefficient (Wildman–Crippen LogP) is 6.56. The zero-order valence-electron chi connectivity index (χ0n) is 15.9. The maximum atomic E-state index is 5.93. The second-order valence-corrected chi connectivity index (χ2v) is 8.06. The van der Waals surface area contributed by atoms with Gasteiger partial charge in [0.05, 0.1) is 6.04 Å². The molecule has 6 heteroatoms. The topological polar surface area (TPSA) is 42.8 Å². The fourth-order valence-electron chi connectivity index (χ4n) is 3.27. The Morgan fingerprint density at radius 3 is 2.62 bits per heavy atom. The molecular weight excluding hydrogens is 446 g/mol. The summed E-state index contributed by atoms with van der Waals surface area (Å²) < 4.78 is 9.58. The lowest BCUT2D eigenvalue weighted by Gasteiger charge is -2.16.